The quantitative estimate of drug-likeness (QED) is 0.843. The van der Waals surface area contributed by atoms with Crippen molar-refractivity contribution in [1.29, 1.82) is 0 Å². The molecule has 1 saturated carbocycles. The van der Waals surface area contributed by atoms with E-state index in [2.05, 4.69) is 0 Å². The number of rotatable bonds is 2. The van der Waals surface area contributed by atoms with Gasteiger partial charge in [-0.25, -0.2) is 0 Å². The Morgan fingerprint density at radius 1 is 1.35 bits per heavy atom. The van der Waals surface area contributed by atoms with Gasteiger partial charge in [0.15, 0.2) is 0 Å². The Balaban J connectivity index is 2.23. The summed E-state index contributed by atoms with van der Waals surface area (Å²) in [7, 11) is 0. The minimum atomic E-state index is -4.29. The summed E-state index contributed by atoms with van der Waals surface area (Å²) in [5, 5.41) is 9.55. The van der Waals surface area contributed by atoms with E-state index in [4.69, 9.17) is 0 Å². The van der Waals surface area contributed by atoms with Crippen molar-refractivity contribution in [3.8, 4) is 0 Å². The number of hydrogen-bond acceptors (Lipinski definition) is 1. The number of aliphatic hydroxyl groups is 1. The second-order valence-corrected chi connectivity index (χ2v) is 4.60. The lowest BCUT2D eigenvalue weighted by atomic mass is 9.66. The minimum Gasteiger partial charge on any atom is -0.393 e. The maximum absolute atomic E-state index is 12.6. The summed E-state index contributed by atoms with van der Waals surface area (Å²) in [6.45, 7) is 1.95. The number of aliphatic hydroxyl groups excluding tert-OH is 1. The molecule has 3 unspecified atom stereocenters. The Morgan fingerprint density at radius 2 is 2.06 bits per heavy atom. The first-order valence-corrected chi connectivity index (χ1v) is 5.78. The van der Waals surface area contributed by atoms with Crippen LogP contribution in [0, 0.1) is 5.92 Å². The van der Waals surface area contributed by atoms with Crippen LogP contribution in [-0.2, 0) is 6.18 Å². The molecule has 0 heterocycles. The van der Waals surface area contributed by atoms with Gasteiger partial charge in [-0.2, -0.15) is 13.2 Å². The number of alkyl halides is 3. The van der Waals surface area contributed by atoms with Crippen LogP contribution in [-0.4, -0.2) is 11.2 Å². The fourth-order valence-electron chi connectivity index (χ4n) is 2.57. The predicted octanol–water partition coefficient (Wildman–Crippen LogP) is 3.58. The highest BCUT2D eigenvalue weighted by atomic mass is 19.4. The molecule has 0 amide bonds. The fraction of sp³-hybridized carbons (Fsp3) is 0.538. The van der Waals surface area contributed by atoms with Crippen LogP contribution in [0.5, 0.6) is 0 Å². The van der Waals surface area contributed by atoms with Gasteiger partial charge in [0.1, 0.15) is 0 Å². The smallest absolute Gasteiger partial charge is 0.393 e. The van der Waals surface area contributed by atoms with Crippen LogP contribution >= 0.6 is 0 Å². The number of hydrogen-bond donors (Lipinski definition) is 1. The van der Waals surface area contributed by atoms with Crippen LogP contribution in [0.2, 0.25) is 0 Å². The number of benzene rings is 1. The van der Waals surface area contributed by atoms with E-state index in [1.807, 2.05) is 6.92 Å². The first kappa shape index (κ1) is 12.4. The number of halogens is 3. The molecule has 4 heteroatoms. The molecule has 1 aliphatic carbocycles. The van der Waals surface area contributed by atoms with Crippen molar-refractivity contribution in [2.75, 3.05) is 0 Å². The summed E-state index contributed by atoms with van der Waals surface area (Å²) >= 11 is 0. The summed E-state index contributed by atoms with van der Waals surface area (Å²) < 4.78 is 37.7. The summed E-state index contributed by atoms with van der Waals surface area (Å²) in [5.74, 6) is 0.163. The summed E-state index contributed by atoms with van der Waals surface area (Å²) in [5.41, 5.74) is 0.0863. The van der Waals surface area contributed by atoms with E-state index in [0.29, 0.717) is 12.0 Å². The van der Waals surface area contributed by atoms with Crippen molar-refractivity contribution < 1.29 is 18.3 Å². The van der Waals surface area contributed by atoms with Gasteiger partial charge in [-0.1, -0.05) is 31.5 Å². The van der Waals surface area contributed by atoms with Crippen molar-refractivity contribution in [3.05, 3.63) is 35.4 Å². The van der Waals surface area contributed by atoms with Crippen molar-refractivity contribution in [3.63, 3.8) is 0 Å². The van der Waals surface area contributed by atoms with Crippen LogP contribution < -0.4 is 0 Å². The van der Waals surface area contributed by atoms with Crippen molar-refractivity contribution >= 4 is 0 Å². The molecule has 1 aromatic rings. The van der Waals surface area contributed by atoms with Crippen LogP contribution in [0.3, 0.4) is 0 Å². The maximum atomic E-state index is 12.6. The highest BCUT2D eigenvalue weighted by Gasteiger charge is 2.40. The molecule has 3 atom stereocenters. The van der Waals surface area contributed by atoms with Gasteiger partial charge in [0.05, 0.1) is 11.7 Å². The van der Waals surface area contributed by atoms with Crippen molar-refractivity contribution in [2.45, 2.75) is 38.0 Å². The van der Waals surface area contributed by atoms with Gasteiger partial charge in [-0.3, -0.25) is 0 Å². The second kappa shape index (κ2) is 4.33. The molecule has 1 aromatic carbocycles. The Hall–Kier alpha value is -1.03. The van der Waals surface area contributed by atoms with E-state index in [1.165, 1.54) is 12.1 Å². The van der Waals surface area contributed by atoms with Gasteiger partial charge in [0, 0.05) is 0 Å². The summed E-state index contributed by atoms with van der Waals surface area (Å²) in [4.78, 5) is 0. The molecule has 0 aliphatic heterocycles. The topological polar surface area (TPSA) is 20.2 Å². The molecule has 1 nitrogen and oxygen atoms in total. The van der Waals surface area contributed by atoms with Crippen molar-refractivity contribution in [2.24, 2.45) is 5.92 Å². The minimum absolute atomic E-state index is 0.0669. The molecule has 0 spiro atoms. The normalized spacial score (nSPS) is 28.9. The first-order chi connectivity index (χ1) is 7.93. The molecule has 2 rings (SSSR count). The van der Waals surface area contributed by atoms with Crippen LogP contribution in [0.25, 0.3) is 0 Å². The third kappa shape index (κ3) is 2.32. The molecule has 0 radical (unpaired) electrons. The van der Waals surface area contributed by atoms with Crippen molar-refractivity contribution in [1.82, 2.24) is 0 Å². The average molecular weight is 244 g/mol. The Labute approximate surface area is 98.3 Å². The lowest BCUT2D eigenvalue weighted by molar-refractivity contribution is -0.137. The molecular weight excluding hydrogens is 229 g/mol. The Kier molecular flexibility index (Phi) is 3.17. The van der Waals surface area contributed by atoms with E-state index in [9.17, 15) is 18.3 Å². The Bertz CT molecular complexity index is 400. The fourth-order valence-corrected chi connectivity index (χ4v) is 2.57. The van der Waals surface area contributed by atoms with E-state index in [1.54, 1.807) is 6.07 Å². The van der Waals surface area contributed by atoms with E-state index < -0.39 is 11.7 Å². The first-order valence-electron chi connectivity index (χ1n) is 5.78. The lowest BCUT2D eigenvalue weighted by Crippen LogP contribution is -2.39. The lowest BCUT2D eigenvalue weighted by Gasteiger charge is -2.41. The monoisotopic (exact) mass is 244 g/mol. The molecule has 0 bridgehead atoms. The molecule has 1 fully saturated rings. The van der Waals surface area contributed by atoms with Crippen LogP contribution in [0.4, 0.5) is 13.2 Å². The maximum Gasteiger partial charge on any atom is 0.416 e. The molecule has 1 aliphatic rings. The standard InChI is InChI=1S/C13H15F3O/c1-2-10-11(7-12(10)17)8-4-3-5-9(6-8)13(14,15)16/h3-6,10-12,17H,2,7H2,1H3. The molecule has 0 aromatic heterocycles. The molecule has 94 valence electrons. The zero-order chi connectivity index (χ0) is 12.6. The predicted molar refractivity (Wildman–Crippen MR) is 58.6 cm³/mol. The van der Waals surface area contributed by atoms with E-state index in [-0.39, 0.29) is 17.9 Å². The average Bonchev–Trinajstić information content (AvgIpc) is 2.25. The van der Waals surface area contributed by atoms with E-state index >= 15 is 0 Å². The zero-order valence-electron chi connectivity index (χ0n) is 9.54. The molecule has 0 saturated heterocycles. The van der Waals surface area contributed by atoms with Crippen LogP contribution in [0.15, 0.2) is 24.3 Å². The van der Waals surface area contributed by atoms with Gasteiger partial charge in [-0.15, -0.1) is 0 Å². The highest BCUT2D eigenvalue weighted by Crippen LogP contribution is 2.45. The van der Waals surface area contributed by atoms with Crippen LogP contribution in [0.1, 0.15) is 36.8 Å². The zero-order valence-corrected chi connectivity index (χ0v) is 9.54. The van der Waals surface area contributed by atoms with Gasteiger partial charge in [-0.05, 0) is 29.9 Å². The van der Waals surface area contributed by atoms with Gasteiger partial charge < -0.3 is 5.11 Å². The molecule has 17 heavy (non-hydrogen) atoms. The van der Waals surface area contributed by atoms with Gasteiger partial charge >= 0.3 is 6.18 Å². The third-order valence-electron chi connectivity index (χ3n) is 3.62. The summed E-state index contributed by atoms with van der Waals surface area (Å²) in [6.07, 6.45) is -3.29. The highest BCUT2D eigenvalue weighted by molar-refractivity contribution is 5.30. The molecule has 1 N–H and O–H groups in total. The van der Waals surface area contributed by atoms with Gasteiger partial charge in [0.25, 0.3) is 0 Å². The SMILES string of the molecule is CCC1C(O)CC1c1cccc(C(F)(F)F)c1. The molecular formula is C13H15F3O. The van der Waals surface area contributed by atoms with E-state index in [0.717, 1.165) is 12.5 Å². The second-order valence-electron chi connectivity index (χ2n) is 4.60. The van der Waals surface area contributed by atoms with Gasteiger partial charge in [0.2, 0.25) is 0 Å². The largest absolute Gasteiger partial charge is 0.416 e. The summed E-state index contributed by atoms with van der Waals surface area (Å²) in [6, 6.07) is 5.45. The third-order valence-corrected chi connectivity index (χ3v) is 3.62. The Morgan fingerprint density at radius 3 is 2.59 bits per heavy atom.